The van der Waals surface area contributed by atoms with Gasteiger partial charge in [0.1, 0.15) is 5.82 Å². The van der Waals surface area contributed by atoms with Crippen LogP contribution in [-0.4, -0.2) is 72.2 Å². The van der Waals surface area contributed by atoms with E-state index in [1.807, 2.05) is 23.3 Å². The van der Waals surface area contributed by atoms with Crippen molar-refractivity contribution >= 4 is 11.5 Å². The number of nitrogens with zero attached hydrogens (tertiary/aromatic N) is 9. The summed E-state index contributed by atoms with van der Waals surface area (Å²) < 4.78 is 3.93. The molecule has 9 heteroatoms. The monoisotopic (exact) mass is 341 g/mol. The molecule has 0 aliphatic carbocycles. The lowest BCUT2D eigenvalue weighted by Crippen LogP contribution is -2.33. The van der Waals surface area contributed by atoms with Crippen molar-refractivity contribution in [2.45, 2.75) is 26.3 Å². The van der Waals surface area contributed by atoms with Crippen molar-refractivity contribution in [3.8, 4) is 0 Å². The minimum Gasteiger partial charge on any atom is -0.352 e. The molecule has 132 valence electrons. The summed E-state index contributed by atoms with van der Waals surface area (Å²) in [5.41, 5.74) is 0.857. The first-order chi connectivity index (χ1) is 12.3. The first-order valence-electron chi connectivity index (χ1n) is 8.85. The van der Waals surface area contributed by atoms with Crippen LogP contribution in [0.25, 0.3) is 5.65 Å². The van der Waals surface area contributed by atoms with Crippen LogP contribution in [0.2, 0.25) is 0 Å². The number of aromatic nitrogens is 7. The van der Waals surface area contributed by atoms with Crippen molar-refractivity contribution in [3.05, 3.63) is 30.6 Å². The highest BCUT2D eigenvalue weighted by atomic mass is 15.4. The Morgan fingerprint density at radius 1 is 1.00 bits per heavy atom. The normalized spacial score (nSPS) is 16.4. The summed E-state index contributed by atoms with van der Waals surface area (Å²) in [7, 11) is 0. The Balaban J connectivity index is 1.45. The molecule has 0 aromatic carbocycles. The Kier molecular flexibility index (Phi) is 4.55. The van der Waals surface area contributed by atoms with Crippen molar-refractivity contribution < 1.29 is 0 Å². The first kappa shape index (κ1) is 15.9. The molecule has 0 spiro atoms. The molecular formula is C16H23N9. The van der Waals surface area contributed by atoms with E-state index in [0.717, 1.165) is 69.4 Å². The van der Waals surface area contributed by atoms with Gasteiger partial charge >= 0.3 is 0 Å². The molecule has 1 aliphatic rings. The summed E-state index contributed by atoms with van der Waals surface area (Å²) in [6, 6.07) is 0. The fraction of sp³-hybridized carbons (Fsp3) is 0.562. The molecule has 1 aliphatic heterocycles. The van der Waals surface area contributed by atoms with E-state index in [-0.39, 0.29) is 0 Å². The van der Waals surface area contributed by atoms with E-state index in [0.29, 0.717) is 0 Å². The molecule has 0 saturated carbocycles. The van der Waals surface area contributed by atoms with E-state index in [2.05, 4.69) is 46.6 Å². The molecule has 0 amide bonds. The lowest BCUT2D eigenvalue weighted by Gasteiger charge is -2.22. The van der Waals surface area contributed by atoms with E-state index in [1.54, 1.807) is 6.20 Å². The SMILES string of the molecule is CCc1nnc2c(N3CCCN(CCn4ccnn4)CC3)nccn12. The molecule has 25 heavy (non-hydrogen) atoms. The second-order valence-corrected chi connectivity index (χ2v) is 6.26. The Morgan fingerprint density at radius 2 is 1.96 bits per heavy atom. The van der Waals surface area contributed by atoms with E-state index < -0.39 is 0 Å². The summed E-state index contributed by atoms with van der Waals surface area (Å²) >= 11 is 0. The fourth-order valence-electron chi connectivity index (χ4n) is 3.33. The predicted octanol–water partition coefficient (Wildman–Crippen LogP) is 0.491. The molecule has 0 radical (unpaired) electrons. The van der Waals surface area contributed by atoms with Crippen molar-refractivity contribution in [3.63, 3.8) is 0 Å². The Hall–Kier alpha value is -2.55. The van der Waals surface area contributed by atoms with Gasteiger partial charge in [0.15, 0.2) is 5.82 Å². The zero-order valence-corrected chi connectivity index (χ0v) is 14.5. The summed E-state index contributed by atoms with van der Waals surface area (Å²) in [5.74, 6) is 1.91. The summed E-state index contributed by atoms with van der Waals surface area (Å²) in [5, 5.41) is 16.5. The average Bonchev–Trinajstić information content (AvgIpc) is 3.25. The van der Waals surface area contributed by atoms with Crippen LogP contribution in [-0.2, 0) is 13.0 Å². The predicted molar refractivity (Wildman–Crippen MR) is 93.5 cm³/mol. The van der Waals surface area contributed by atoms with Crippen LogP contribution in [0.5, 0.6) is 0 Å². The number of hydrogen-bond acceptors (Lipinski definition) is 7. The minimum absolute atomic E-state index is 0.857. The van der Waals surface area contributed by atoms with Crippen LogP contribution in [0.3, 0.4) is 0 Å². The quantitative estimate of drug-likeness (QED) is 0.668. The number of rotatable bonds is 5. The molecule has 3 aromatic rings. The van der Waals surface area contributed by atoms with Crippen LogP contribution >= 0.6 is 0 Å². The summed E-state index contributed by atoms with van der Waals surface area (Å²) in [6.07, 6.45) is 9.39. The van der Waals surface area contributed by atoms with Crippen molar-refractivity contribution in [2.24, 2.45) is 0 Å². The summed E-state index contributed by atoms with van der Waals surface area (Å²) in [4.78, 5) is 9.40. The maximum atomic E-state index is 4.59. The highest BCUT2D eigenvalue weighted by Crippen LogP contribution is 2.19. The van der Waals surface area contributed by atoms with Gasteiger partial charge in [-0.3, -0.25) is 14.0 Å². The van der Waals surface area contributed by atoms with Crippen LogP contribution in [0.4, 0.5) is 5.82 Å². The zero-order chi connectivity index (χ0) is 17.1. The lowest BCUT2D eigenvalue weighted by atomic mass is 10.3. The maximum Gasteiger partial charge on any atom is 0.203 e. The molecule has 3 aromatic heterocycles. The van der Waals surface area contributed by atoms with E-state index in [9.17, 15) is 0 Å². The van der Waals surface area contributed by atoms with Crippen molar-refractivity contribution in [2.75, 3.05) is 37.6 Å². The van der Waals surface area contributed by atoms with Gasteiger partial charge < -0.3 is 4.90 Å². The van der Waals surface area contributed by atoms with Gasteiger partial charge in [0.2, 0.25) is 5.65 Å². The molecule has 4 heterocycles. The molecule has 0 bridgehead atoms. The van der Waals surface area contributed by atoms with Crippen molar-refractivity contribution in [1.82, 2.24) is 39.5 Å². The van der Waals surface area contributed by atoms with Gasteiger partial charge in [0.25, 0.3) is 0 Å². The molecule has 0 unspecified atom stereocenters. The van der Waals surface area contributed by atoms with Gasteiger partial charge in [-0.2, -0.15) is 0 Å². The number of aryl methyl sites for hydroxylation is 1. The standard InChI is InChI=1S/C16H23N9/c1-2-14-19-20-16-15(17-4-9-25(14)16)23-7-3-6-22(10-12-23)11-13-24-8-5-18-21-24/h4-5,8-9H,2-3,6-7,10-13H2,1H3. The second-order valence-electron chi connectivity index (χ2n) is 6.26. The minimum atomic E-state index is 0.857. The van der Waals surface area contributed by atoms with Gasteiger partial charge in [0, 0.05) is 51.2 Å². The lowest BCUT2D eigenvalue weighted by molar-refractivity contribution is 0.275. The Labute approximate surface area is 146 Å². The van der Waals surface area contributed by atoms with Gasteiger partial charge in [0.05, 0.1) is 12.7 Å². The van der Waals surface area contributed by atoms with Gasteiger partial charge in [-0.25, -0.2) is 4.98 Å². The fourth-order valence-corrected chi connectivity index (χ4v) is 3.33. The molecule has 1 fully saturated rings. The van der Waals surface area contributed by atoms with E-state index >= 15 is 0 Å². The molecule has 0 N–H and O–H groups in total. The topological polar surface area (TPSA) is 80.3 Å². The highest BCUT2D eigenvalue weighted by Gasteiger charge is 2.19. The van der Waals surface area contributed by atoms with Gasteiger partial charge in [-0.15, -0.1) is 15.3 Å². The molecule has 0 atom stereocenters. The average molecular weight is 341 g/mol. The second kappa shape index (κ2) is 7.14. The highest BCUT2D eigenvalue weighted by molar-refractivity contribution is 5.63. The maximum absolute atomic E-state index is 4.59. The molecule has 1 saturated heterocycles. The third-order valence-corrected chi connectivity index (χ3v) is 4.70. The third kappa shape index (κ3) is 3.32. The number of fused-ring (bicyclic) bond motifs is 1. The first-order valence-corrected chi connectivity index (χ1v) is 8.85. The Morgan fingerprint density at radius 3 is 2.80 bits per heavy atom. The van der Waals surface area contributed by atoms with Crippen LogP contribution < -0.4 is 4.90 Å². The van der Waals surface area contributed by atoms with Gasteiger partial charge in [-0.05, 0) is 13.0 Å². The van der Waals surface area contributed by atoms with Gasteiger partial charge in [-0.1, -0.05) is 12.1 Å². The molecule has 9 nitrogen and oxygen atoms in total. The van der Waals surface area contributed by atoms with Crippen LogP contribution in [0, 0.1) is 0 Å². The number of anilines is 1. The number of hydrogen-bond donors (Lipinski definition) is 0. The van der Waals surface area contributed by atoms with Crippen LogP contribution in [0.1, 0.15) is 19.2 Å². The van der Waals surface area contributed by atoms with E-state index in [1.165, 1.54) is 0 Å². The summed E-state index contributed by atoms with van der Waals surface area (Å²) in [6.45, 7) is 7.97. The largest absolute Gasteiger partial charge is 0.352 e. The molecule has 4 rings (SSSR count). The molecular weight excluding hydrogens is 318 g/mol. The Bertz CT molecular complexity index is 810. The van der Waals surface area contributed by atoms with E-state index in [4.69, 9.17) is 0 Å². The zero-order valence-electron chi connectivity index (χ0n) is 14.5. The smallest absolute Gasteiger partial charge is 0.203 e. The van der Waals surface area contributed by atoms with Crippen LogP contribution in [0.15, 0.2) is 24.8 Å². The third-order valence-electron chi connectivity index (χ3n) is 4.70. The van der Waals surface area contributed by atoms with Crippen molar-refractivity contribution in [1.29, 1.82) is 0 Å².